The molecule has 2 heterocycles. The summed E-state index contributed by atoms with van der Waals surface area (Å²) in [6.07, 6.45) is 3.83. The van der Waals surface area contributed by atoms with Crippen molar-refractivity contribution in [1.82, 2.24) is 4.90 Å². The molecule has 1 atom stereocenters. The number of anilines is 1. The smallest absolute Gasteiger partial charge is 0.254 e. The standard InChI is InChI=1S/C21H24N2O3S/c1-15-5-7-16(8-6-15)19-4-3-12-22(19)21(24)18-9-10-20-17(14-18)11-13-23(20)27(2,25)26/h5-10,14,19H,3-4,11-13H2,1-2H3. The maximum atomic E-state index is 13.2. The third-order valence-electron chi connectivity index (χ3n) is 5.56. The van der Waals surface area contributed by atoms with Crippen LogP contribution in [0.15, 0.2) is 42.5 Å². The van der Waals surface area contributed by atoms with Crippen molar-refractivity contribution in [3.05, 3.63) is 64.7 Å². The Morgan fingerprint density at radius 3 is 2.52 bits per heavy atom. The minimum atomic E-state index is -3.28. The number of rotatable bonds is 3. The normalized spacial score (nSPS) is 19.4. The van der Waals surface area contributed by atoms with Gasteiger partial charge in [-0.05, 0) is 55.5 Å². The molecule has 0 spiro atoms. The number of hydrogen-bond donors (Lipinski definition) is 0. The molecule has 4 rings (SSSR count). The monoisotopic (exact) mass is 384 g/mol. The van der Waals surface area contributed by atoms with Crippen molar-refractivity contribution < 1.29 is 13.2 Å². The van der Waals surface area contributed by atoms with E-state index in [1.165, 1.54) is 21.7 Å². The zero-order chi connectivity index (χ0) is 19.2. The summed E-state index contributed by atoms with van der Waals surface area (Å²) in [5.41, 5.74) is 4.66. The minimum Gasteiger partial charge on any atom is -0.332 e. The molecule has 2 aliphatic rings. The van der Waals surface area contributed by atoms with Gasteiger partial charge in [0.05, 0.1) is 18.0 Å². The van der Waals surface area contributed by atoms with Gasteiger partial charge >= 0.3 is 0 Å². The van der Waals surface area contributed by atoms with Gasteiger partial charge in [0.25, 0.3) is 5.91 Å². The van der Waals surface area contributed by atoms with Crippen molar-refractivity contribution in [3.8, 4) is 0 Å². The first-order valence-corrected chi connectivity index (χ1v) is 11.2. The Balaban J connectivity index is 1.60. The van der Waals surface area contributed by atoms with E-state index in [0.29, 0.717) is 24.2 Å². The maximum absolute atomic E-state index is 13.2. The lowest BCUT2D eigenvalue weighted by molar-refractivity contribution is 0.0735. The van der Waals surface area contributed by atoms with Crippen molar-refractivity contribution in [2.45, 2.75) is 32.2 Å². The van der Waals surface area contributed by atoms with Crippen molar-refractivity contribution in [1.29, 1.82) is 0 Å². The summed E-state index contributed by atoms with van der Waals surface area (Å²) in [5, 5.41) is 0. The van der Waals surface area contributed by atoms with Crippen LogP contribution in [0, 0.1) is 6.92 Å². The summed E-state index contributed by atoms with van der Waals surface area (Å²) >= 11 is 0. The number of carbonyl (C=O) groups excluding carboxylic acids is 1. The van der Waals surface area contributed by atoms with Gasteiger partial charge in [0.1, 0.15) is 0 Å². The Kier molecular flexibility index (Phi) is 4.46. The van der Waals surface area contributed by atoms with Crippen molar-refractivity contribution >= 4 is 21.6 Å². The summed E-state index contributed by atoms with van der Waals surface area (Å²) in [6.45, 7) is 3.26. The summed E-state index contributed by atoms with van der Waals surface area (Å²) in [4.78, 5) is 15.1. The lowest BCUT2D eigenvalue weighted by Gasteiger charge is -2.25. The van der Waals surface area contributed by atoms with Gasteiger partial charge in [-0.2, -0.15) is 0 Å². The summed E-state index contributed by atoms with van der Waals surface area (Å²) in [7, 11) is -3.28. The van der Waals surface area contributed by atoms with Crippen LogP contribution in [-0.2, 0) is 16.4 Å². The van der Waals surface area contributed by atoms with Crippen LogP contribution in [0.25, 0.3) is 0 Å². The molecule has 0 aromatic heterocycles. The fraction of sp³-hybridized carbons (Fsp3) is 0.381. The van der Waals surface area contributed by atoms with E-state index in [4.69, 9.17) is 0 Å². The third kappa shape index (κ3) is 3.34. The second kappa shape index (κ2) is 6.68. The number of nitrogens with zero attached hydrogens (tertiary/aromatic N) is 2. The van der Waals surface area contributed by atoms with Gasteiger partial charge in [-0.15, -0.1) is 0 Å². The highest BCUT2D eigenvalue weighted by Gasteiger charge is 2.32. The molecular weight excluding hydrogens is 360 g/mol. The number of hydrogen-bond acceptors (Lipinski definition) is 3. The van der Waals surface area contributed by atoms with Crippen LogP contribution in [0.3, 0.4) is 0 Å². The zero-order valence-electron chi connectivity index (χ0n) is 15.7. The van der Waals surface area contributed by atoms with E-state index in [1.807, 2.05) is 11.0 Å². The molecule has 1 amide bonds. The lowest BCUT2D eigenvalue weighted by atomic mass is 10.0. The second-order valence-corrected chi connectivity index (χ2v) is 9.40. The van der Waals surface area contributed by atoms with E-state index in [2.05, 4.69) is 31.2 Å². The molecule has 2 aromatic carbocycles. The van der Waals surface area contributed by atoms with Gasteiger partial charge in [-0.1, -0.05) is 29.8 Å². The molecule has 5 nitrogen and oxygen atoms in total. The van der Waals surface area contributed by atoms with Crippen LogP contribution in [0.5, 0.6) is 0 Å². The van der Waals surface area contributed by atoms with Gasteiger partial charge < -0.3 is 4.90 Å². The molecule has 1 unspecified atom stereocenters. The molecule has 142 valence electrons. The predicted octanol–water partition coefficient (Wildman–Crippen LogP) is 3.29. The fourth-order valence-electron chi connectivity index (χ4n) is 4.16. The highest BCUT2D eigenvalue weighted by Crippen LogP contribution is 2.35. The summed E-state index contributed by atoms with van der Waals surface area (Å²) < 4.78 is 25.2. The number of amides is 1. The van der Waals surface area contributed by atoms with Gasteiger partial charge in [0.2, 0.25) is 10.0 Å². The Hall–Kier alpha value is -2.34. The van der Waals surface area contributed by atoms with Crippen LogP contribution in [0.4, 0.5) is 5.69 Å². The summed E-state index contributed by atoms with van der Waals surface area (Å²) in [6, 6.07) is 13.9. The van der Waals surface area contributed by atoms with Gasteiger partial charge in [0, 0.05) is 18.7 Å². The van der Waals surface area contributed by atoms with E-state index < -0.39 is 10.0 Å². The Morgan fingerprint density at radius 1 is 1.07 bits per heavy atom. The molecule has 6 heteroatoms. The van der Waals surface area contributed by atoms with Crippen LogP contribution < -0.4 is 4.31 Å². The van der Waals surface area contributed by atoms with Crippen LogP contribution in [-0.4, -0.2) is 38.6 Å². The average molecular weight is 385 g/mol. The van der Waals surface area contributed by atoms with Crippen LogP contribution >= 0.6 is 0 Å². The topological polar surface area (TPSA) is 57.7 Å². The first kappa shape index (κ1) is 18.0. The molecule has 1 fully saturated rings. The first-order chi connectivity index (χ1) is 12.8. The SMILES string of the molecule is Cc1ccc(C2CCCN2C(=O)c2ccc3c(c2)CCN3S(C)(=O)=O)cc1. The average Bonchev–Trinajstić information content (AvgIpc) is 3.27. The molecule has 2 aliphatic heterocycles. The number of benzene rings is 2. The van der Waals surface area contributed by atoms with Crippen LogP contribution in [0.2, 0.25) is 0 Å². The number of sulfonamides is 1. The Labute approximate surface area is 160 Å². The van der Waals surface area contributed by atoms with Crippen molar-refractivity contribution in [3.63, 3.8) is 0 Å². The predicted molar refractivity (Wildman–Crippen MR) is 107 cm³/mol. The molecule has 0 bridgehead atoms. The van der Waals surface area contributed by atoms with E-state index in [0.717, 1.165) is 24.9 Å². The fourth-order valence-corrected chi connectivity index (χ4v) is 5.12. The highest BCUT2D eigenvalue weighted by atomic mass is 32.2. The van der Waals surface area contributed by atoms with Gasteiger partial charge in [-0.25, -0.2) is 8.42 Å². The number of carbonyl (C=O) groups is 1. The number of likely N-dealkylation sites (tertiary alicyclic amines) is 1. The third-order valence-corrected chi connectivity index (χ3v) is 6.74. The molecule has 0 N–H and O–H groups in total. The molecule has 1 saturated heterocycles. The number of fused-ring (bicyclic) bond motifs is 1. The minimum absolute atomic E-state index is 0.0266. The molecular formula is C21H24N2O3S. The van der Waals surface area contributed by atoms with Gasteiger partial charge in [0.15, 0.2) is 0 Å². The van der Waals surface area contributed by atoms with Crippen molar-refractivity contribution in [2.75, 3.05) is 23.7 Å². The Bertz CT molecular complexity index is 983. The van der Waals surface area contributed by atoms with E-state index in [1.54, 1.807) is 12.1 Å². The van der Waals surface area contributed by atoms with E-state index in [-0.39, 0.29) is 11.9 Å². The quantitative estimate of drug-likeness (QED) is 0.816. The lowest BCUT2D eigenvalue weighted by Crippen LogP contribution is -2.30. The molecule has 0 saturated carbocycles. The largest absolute Gasteiger partial charge is 0.332 e. The zero-order valence-corrected chi connectivity index (χ0v) is 16.5. The van der Waals surface area contributed by atoms with E-state index >= 15 is 0 Å². The number of aryl methyl sites for hydroxylation is 1. The van der Waals surface area contributed by atoms with E-state index in [9.17, 15) is 13.2 Å². The van der Waals surface area contributed by atoms with Crippen molar-refractivity contribution in [2.24, 2.45) is 0 Å². The summed E-state index contributed by atoms with van der Waals surface area (Å²) in [5.74, 6) is 0.0266. The maximum Gasteiger partial charge on any atom is 0.254 e. The van der Waals surface area contributed by atoms with Crippen LogP contribution in [0.1, 0.15) is 45.9 Å². The second-order valence-electron chi connectivity index (χ2n) is 7.50. The molecule has 2 aromatic rings. The Morgan fingerprint density at radius 2 is 1.81 bits per heavy atom. The highest BCUT2D eigenvalue weighted by molar-refractivity contribution is 7.92. The molecule has 0 radical (unpaired) electrons. The first-order valence-electron chi connectivity index (χ1n) is 9.33. The molecule has 0 aliphatic carbocycles. The molecule has 27 heavy (non-hydrogen) atoms. The van der Waals surface area contributed by atoms with Gasteiger partial charge in [-0.3, -0.25) is 9.10 Å².